The van der Waals surface area contributed by atoms with Crippen molar-refractivity contribution in [3.63, 3.8) is 0 Å². The van der Waals surface area contributed by atoms with Gasteiger partial charge in [0.25, 0.3) is 0 Å². The average Bonchev–Trinajstić information content (AvgIpc) is 2.24. The van der Waals surface area contributed by atoms with Crippen LogP contribution in [0.5, 0.6) is 0 Å². The first-order valence-corrected chi connectivity index (χ1v) is 6.31. The minimum Gasteiger partial charge on any atom is -0.377 e. The van der Waals surface area contributed by atoms with Crippen molar-refractivity contribution < 1.29 is 4.74 Å². The molecule has 15 heavy (non-hydrogen) atoms. The van der Waals surface area contributed by atoms with Crippen LogP contribution < -0.4 is 0 Å². The lowest BCUT2D eigenvalue weighted by Gasteiger charge is -2.35. The number of hydrogen-bond donors (Lipinski definition) is 0. The first kappa shape index (κ1) is 14.9. The normalized spacial score (nSPS) is 19.6. The Morgan fingerprint density at radius 1 is 1.20 bits per heavy atom. The van der Waals surface area contributed by atoms with Crippen LogP contribution in [0.1, 0.15) is 47.5 Å². The fraction of sp³-hybridized carbons (Fsp3) is 1.00. The summed E-state index contributed by atoms with van der Waals surface area (Å²) >= 11 is 0. The van der Waals surface area contributed by atoms with Crippen molar-refractivity contribution in [3.8, 4) is 0 Å². The molecule has 92 valence electrons. The molecule has 0 spiro atoms. The molecular formula is C13H29NO. The van der Waals surface area contributed by atoms with E-state index >= 15 is 0 Å². The highest BCUT2D eigenvalue weighted by molar-refractivity contribution is 4.77. The predicted octanol–water partition coefficient (Wildman–Crippen LogP) is 3.17. The van der Waals surface area contributed by atoms with Crippen LogP contribution in [-0.4, -0.2) is 37.2 Å². The summed E-state index contributed by atoms with van der Waals surface area (Å²) in [5, 5.41) is 0. The molecule has 0 aromatic heterocycles. The average molecular weight is 215 g/mol. The van der Waals surface area contributed by atoms with Crippen LogP contribution in [0.2, 0.25) is 0 Å². The minimum atomic E-state index is 0.0145. The van der Waals surface area contributed by atoms with Crippen molar-refractivity contribution in [3.05, 3.63) is 0 Å². The summed E-state index contributed by atoms with van der Waals surface area (Å²) in [5.41, 5.74) is 0.0145. The van der Waals surface area contributed by atoms with Crippen LogP contribution in [0.15, 0.2) is 0 Å². The second-order valence-corrected chi connectivity index (χ2v) is 4.92. The van der Waals surface area contributed by atoms with Gasteiger partial charge in [0.1, 0.15) is 0 Å². The molecule has 1 fully saturated rings. The van der Waals surface area contributed by atoms with E-state index in [1.54, 1.807) is 7.11 Å². The highest BCUT2D eigenvalue weighted by Gasteiger charge is 2.23. The molecule has 0 aromatic rings. The maximum Gasteiger partial charge on any atom is 0.0749 e. The first-order chi connectivity index (χ1) is 7.03. The van der Waals surface area contributed by atoms with Crippen molar-refractivity contribution in [2.24, 2.45) is 5.92 Å². The highest BCUT2D eigenvalue weighted by atomic mass is 16.5. The van der Waals surface area contributed by atoms with Gasteiger partial charge >= 0.3 is 0 Å². The van der Waals surface area contributed by atoms with E-state index in [1.165, 1.54) is 25.9 Å². The van der Waals surface area contributed by atoms with Gasteiger partial charge in [-0.1, -0.05) is 20.8 Å². The van der Waals surface area contributed by atoms with Crippen LogP contribution in [0, 0.1) is 5.92 Å². The van der Waals surface area contributed by atoms with E-state index in [-0.39, 0.29) is 5.60 Å². The van der Waals surface area contributed by atoms with Gasteiger partial charge < -0.3 is 9.64 Å². The fourth-order valence-corrected chi connectivity index (χ4v) is 1.82. The largest absolute Gasteiger partial charge is 0.377 e. The molecule has 0 saturated carbocycles. The van der Waals surface area contributed by atoms with Gasteiger partial charge in [0.2, 0.25) is 0 Å². The molecule has 2 heteroatoms. The number of methoxy groups -OCH3 is 1. The summed E-state index contributed by atoms with van der Waals surface area (Å²) in [6.07, 6.45) is 2.69. The zero-order valence-corrected chi connectivity index (χ0v) is 11.5. The Kier molecular flexibility index (Phi) is 7.20. The standard InChI is InChI=1S/C11H23NO.C2H6/c1-10-5-7-12(8-6-10)9-11(2,3)13-4;1-2/h10H,5-9H2,1-4H3;1-2H3. The molecule has 0 amide bonds. The molecule has 0 atom stereocenters. The number of likely N-dealkylation sites (tertiary alicyclic amines) is 1. The van der Waals surface area contributed by atoms with Gasteiger partial charge in [0, 0.05) is 13.7 Å². The third-order valence-electron chi connectivity index (χ3n) is 3.03. The molecule has 1 aliphatic rings. The van der Waals surface area contributed by atoms with Crippen molar-refractivity contribution in [2.45, 2.75) is 53.1 Å². The second-order valence-electron chi connectivity index (χ2n) is 4.92. The lowest BCUT2D eigenvalue weighted by Crippen LogP contribution is -2.43. The lowest BCUT2D eigenvalue weighted by molar-refractivity contribution is -0.0140. The van der Waals surface area contributed by atoms with E-state index < -0.39 is 0 Å². The molecule has 1 aliphatic heterocycles. The third-order valence-corrected chi connectivity index (χ3v) is 3.03. The van der Waals surface area contributed by atoms with Crippen LogP contribution in [0.3, 0.4) is 0 Å². The number of rotatable bonds is 3. The first-order valence-electron chi connectivity index (χ1n) is 6.31. The van der Waals surface area contributed by atoms with Crippen molar-refractivity contribution in [2.75, 3.05) is 26.7 Å². The highest BCUT2D eigenvalue weighted by Crippen LogP contribution is 2.19. The summed E-state index contributed by atoms with van der Waals surface area (Å²) in [6.45, 7) is 14.2. The predicted molar refractivity (Wildman–Crippen MR) is 67.3 cm³/mol. The zero-order valence-electron chi connectivity index (χ0n) is 11.5. The lowest BCUT2D eigenvalue weighted by atomic mass is 9.98. The van der Waals surface area contributed by atoms with Gasteiger partial charge in [-0.15, -0.1) is 0 Å². The van der Waals surface area contributed by atoms with E-state index in [1.807, 2.05) is 13.8 Å². The Morgan fingerprint density at radius 2 is 1.67 bits per heavy atom. The number of nitrogens with zero attached hydrogens (tertiary/aromatic N) is 1. The number of ether oxygens (including phenoxy) is 1. The molecule has 0 aromatic carbocycles. The summed E-state index contributed by atoms with van der Waals surface area (Å²) in [6, 6.07) is 0. The van der Waals surface area contributed by atoms with Gasteiger partial charge in [-0.05, 0) is 45.7 Å². The Hall–Kier alpha value is -0.0800. The van der Waals surface area contributed by atoms with Gasteiger partial charge in [-0.3, -0.25) is 0 Å². The molecule has 0 unspecified atom stereocenters. The molecule has 1 saturated heterocycles. The van der Waals surface area contributed by atoms with Gasteiger partial charge in [0.15, 0.2) is 0 Å². The topological polar surface area (TPSA) is 12.5 Å². The Labute approximate surface area is 96.0 Å². The fourth-order valence-electron chi connectivity index (χ4n) is 1.82. The van der Waals surface area contributed by atoms with E-state index in [0.29, 0.717) is 0 Å². The second kappa shape index (κ2) is 7.24. The van der Waals surface area contributed by atoms with Gasteiger partial charge in [-0.25, -0.2) is 0 Å². The molecule has 0 radical (unpaired) electrons. The Morgan fingerprint density at radius 3 is 2.07 bits per heavy atom. The molecule has 1 heterocycles. The molecule has 1 rings (SSSR count). The van der Waals surface area contributed by atoms with Crippen molar-refractivity contribution in [1.82, 2.24) is 4.90 Å². The van der Waals surface area contributed by atoms with Crippen molar-refractivity contribution in [1.29, 1.82) is 0 Å². The van der Waals surface area contributed by atoms with E-state index in [2.05, 4.69) is 25.7 Å². The SMILES string of the molecule is CC.COC(C)(C)CN1CCC(C)CC1. The summed E-state index contributed by atoms with van der Waals surface area (Å²) in [4.78, 5) is 2.52. The van der Waals surface area contributed by atoms with Crippen LogP contribution in [0.4, 0.5) is 0 Å². The third kappa shape index (κ3) is 6.16. The van der Waals surface area contributed by atoms with Crippen LogP contribution >= 0.6 is 0 Å². The van der Waals surface area contributed by atoms with Crippen LogP contribution in [0.25, 0.3) is 0 Å². The zero-order chi connectivity index (χ0) is 11.9. The summed E-state index contributed by atoms with van der Waals surface area (Å²) in [7, 11) is 1.80. The maximum absolute atomic E-state index is 5.43. The number of hydrogen-bond acceptors (Lipinski definition) is 2. The summed E-state index contributed by atoms with van der Waals surface area (Å²) < 4.78 is 5.43. The van der Waals surface area contributed by atoms with Gasteiger partial charge in [0.05, 0.1) is 5.60 Å². The molecular weight excluding hydrogens is 186 g/mol. The quantitative estimate of drug-likeness (QED) is 0.717. The number of piperidine rings is 1. The smallest absolute Gasteiger partial charge is 0.0749 e. The molecule has 0 aliphatic carbocycles. The molecule has 2 nitrogen and oxygen atoms in total. The van der Waals surface area contributed by atoms with Crippen molar-refractivity contribution >= 4 is 0 Å². The Bertz CT molecular complexity index is 149. The van der Waals surface area contributed by atoms with E-state index in [0.717, 1.165) is 12.5 Å². The van der Waals surface area contributed by atoms with Gasteiger partial charge in [-0.2, -0.15) is 0 Å². The van der Waals surface area contributed by atoms with Crippen LogP contribution in [-0.2, 0) is 4.74 Å². The Balaban J connectivity index is 0.000000921. The van der Waals surface area contributed by atoms with E-state index in [9.17, 15) is 0 Å². The molecule has 0 bridgehead atoms. The monoisotopic (exact) mass is 215 g/mol. The minimum absolute atomic E-state index is 0.0145. The molecule has 0 N–H and O–H groups in total. The maximum atomic E-state index is 5.43. The summed E-state index contributed by atoms with van der Waals surface area (Å²) in [5.74, 6) is 0.918. The van der Waals surface area contributed by atoms with E-state index in [4.69, 9.17) is 4.74 Å².